The van der Waals surface area contributed by atoms with Crippen LogP contribution in [0.2, 0.25) is 0 Å². The van der Waals surface area contributed by atoms with E-state index in [9.17, 15) is 4.79 Å². The smallest absolute Gasteiger partial charge is 0.306 e. The van der Waals surface area contributed by atoms with Crippen molar-refractivity contribution >= 4 is 40.8 Å². The number of hydrogen-bond acceptors (Lipinski definition) is 4. The Hall–Kier alpha value is -1.23. The van der Waals surface area contributed by atoms with Gasteiger partial charge in [-0.2, -0.15) is 0 Å². The zero-order chi connectivity index (χ0) is 27.8. The number of rotatable bonds is 19. The minimum atomic E-state index is -0.579. The van der Waals surface area contributed by atoms with E-state index in [1.165, 1.54) is 0 Å². The predicted octanol–water partition coefficient (Wildman–Crippen LogP) is 9.21. The van der Waals surface area contributed by atoms with Crippen molar-refractivity contribution in [2.75, 3.05) is 0 Å². The molecular weight excluding hydrogens is 548 g/mol. The third kappa shape index (κ3) is 18.9. The lowest BCUT2D eigenvalue weighted by Crippen LogP contribution is -2.16. The second-order valence-electron chi connectivity index (χ2n) is 8.58. The summed E-state index contributed by atoms with van der Waals surface area (Å²) in [6.07, 6.45) is 28.6. The number of hydrogen-bond donors (Lipinski definition) is 0. The fourth-order valence-electron chi connectivity index (χ4n) is 3.27. The van der Waals surface area contributed by atoms with Gasteiger partial charge in [-0.1, -0.05) is 135 Å². The number of ether oxygens (including phenoxy) is 1. The molecule has 8 heteroatoms. The molecule has 1 rings (SSSR count). The third-order valence-electron chi connectivity index (χ3n) is 5.40. The first kappa shape index (κ1) is 34.8. The number of carbonyl (C=O) groups excluding carboxylic acids is 1. The summed E-state index contributed by atoms with van der Waals surface area (Å²) in [4.78, 5) is 12.0. The Labute approximate surface area is 238 Å². The maximum atomic E-state index is 12.0. The molecule has 0 aliphatic heterocycles. The Bertz CT molecular complexity index is 923. The van der Waals surface area contributed by atoms with Gasteiger partial charge in [-0.15, -0.1) is 0 Å². The topological polar surface area (TPSA) is 44.8 Å². The summed E-state index contributed by atoms with van der Waals surface area (Å²) in [5, 5.41) is 0. The lowest BCUT2D eigenvalue weighted by molar-refractivity contribution is -0.145. The molecule has 208 valence electrons. The SMILES string of the molecule is CC/C=C\C/C=C\CC(OP(P)P)C(C)\C=C/C=C/C=C\C=C\C(CCC(=O)OCc1ccccc1)OP. The van der Waals surface area contributed by atoms with Crippen molar-refractivity contribution in [3.8, 4) is 0 Å². The summed E-state index contributed by atoms with van der Waals surface area (Å²) in [5.41, 5.74) is 0.980. The zero-order valence-corrected chi connectivity index (χ0v) is 27.0. The van der Waals surface area contributed by atoms with Crippen LogP contribution in [0.5, 0.6) is 0 Å². The highest BCUT2D eigenvalue weighted by Crippen LogP contribution is 2.55. The molecule has 0 bridgehead atoms. The average Bonchev–Trinajstić information content (AvgIpc) is 2.92. The lowest BCUT2D eigenvalue weighted by atomic mass is 10.0. The molecule has 0 heterocycles. The number of carbonyl (C=O) groups is 1. The molecule has 0 amide bonds. The van der Waals surface area contributed by atoms with Crippen LogP contribution in [0.1, 0.15) is 51.5 Å². The van der Waals surface area contributed by atoms with Crippen molar-refractivity contribution < 1.29 is 18.6 Å². The van der Waals surface area contributed by atoms with E-state index in [0.717, 1.165) is 24.8 Å². The first-order chi connectivity index (χ1) is 18.5. The molecule has 0 N–H and O–H groups in total. The van der Waals surface area contributed by atoms with Gasteiger partial charge in [0.1, 0.15) is 6.61 Å². The van der Waals surface area contributed by atoms with Crippen LogP contribution in [0, 0.1) is 5.92 Å². The molecule has 6 atom stereocenters. The Morgan fingerprint density at radius 3 is 2.26 bits per heavy atom. The van der Waals surface area contributed by atoms with Crippen LogP contribution >= 0.6 is 34.8 Å². The van der Waals surface area contributed by atoms with E-state index in [0.29, 0.717) is 25.4 Å². The van der Waals surface area contributed by atoms with Crippen LogP contribution < -0.4 is 0 Å². The van der Waals surface area contributed by atoms with Crippen LogP contribution in [-0.4, -0.2) is 18.2 Å². The Kier molecular flexibility index (Phi) is 21.6. The fraction of sp³-hybridized carbons (Fsp3) is 0.367. The van der Waals surface area contributed by atoms with E-state index in [4.69, 9.17) is 13.8 Å². The molecule has 1 aromatic rings. The van der Waals surface area contributed by atoms with Gasteiger partial charge in [-0.25, -0.2) is 0 Å². The summed E-state index contributed by atoms with van der Waals surface area (Å²) in [5.74, 6) is 0.0679. The predicted molar refractivity (Wildman–Crippen MR) is 175 cm³/mol. The molecule has 0 aromatic heterocycles. The largest absolute Gasteiger partial charge is 0.461 e. The monoisotopic (exact) mass is 592 g/mol. The normalized spacial score (nSPS) is 15.2. The van der Waals surface area contributed by atoms with Crippen molar-refractivity contribution in [1.82, 2.24) is 0 Å². The average molecular weight is 593 g/mol. The van der Waals surface area contributed by atoms with Gasteiger partial charge in [0.05, 0.1) is 19.7 Å². The van der Waals surface area contributed by atoms with Crippen LogP contribution in [0.15, 0.2) is 103 Å². The highest BCUT2D eigenvalue weighted by Gasteiger charge is 2.15. The van der Waals surface area contributed by atoms with E-state index >= 15 is 0 Å². The van der Waals surface area contributed by atoms with Crippen molar-refractivity contribution in [2.45, 2.75) is 64.8 Å². The lowest BCUT2D eigenvalue weighted by Gasteiger charge is -2.22. The summed E-state index contributed by atoms with van der Waals surface area (Å²) in [7, 11) is 7.18. The molecule has 0 saturated heterocycles. The molecule has 0 radical (unpaired) electrons. The first-order valence-corrected chi connectivity index (χ1v) is 17.9. The van der Waals surface area contributed by atoms with Gasteiger partial charge in [-0.05, 0) is 31.2 Å². The van der Waals surface area contributed by atoms with Gasteiger partial charge in [-0.3, -0.25) is 4.79 Å². The zero-order valence-electron chi connectivity index (χ0n) is 22.6. The molecule has 0 fully saturated rings. The molecule has 0 aliphatic carbocycles. The van der Waals surface area contributed by atoms with Gasteiger partial charge in [0.25, 0.3) is 0 Å². The summed E-state index contributed by atoms with van der Waals surface area (Å²) in [6.45, 7) is 4.63. The highest BCUT2D eigenvalue weighted by atomic mass is 32.4. The molecule has 6 unspecified atom stereocenters. The van der Waals surface area contributed by atoms with Crippen molar-refractivity contribution in [3.05, 3.63) is 109 Å². The number of allylic oxidation sites excluding steroid dienone is 9. The van der Waals surface area contributed by atoms with Crippen LogP contribution in [-0.2, 0) is 25.2 Å². The fourth-order valence-corrected chi connectivity index (χ4v) is 5.02. The summed E-state index contributed by atoms with van der Waals surface area (Å²) in [6, 6.07) is 9.67. The van der Waals surface area contributed by atoms with E-state index in [-0.39, 0.29) is 18.2 Å². The Morgan fingerprint density at radius 2 is 1.61 bits per heavy atom. The second kappa shape index (κ2) is 23.6. The first-order valence-electron chi connectivity index (χ1n) is 13.0. The molecule has 38 heavy (non-hydrogen) atoms. The van der Waals surface area contributed by atoms with Gasteiger partial charge in [0.15, 0.2) is 0 Å². The molecular formula is C30H44O4P4. The second-order valence-corrected chi connectivity index (χ2v) is 14.6. The minimum absolute atomic E-state index is 0.144. The molecule has 1 aromatic carbocycles. The van der Waals surface area contributed by atoms with E-state index in [2.05, 4.69) is 77.6 Å². The minimum Gasteiger partial charge on any atom is -0.461 e. The van der Waals surface area contributed by atoms with Gasteiger partial charge >= 0.3 is 5.97 Å². The van der Waals surface area contributed by atoms with E-state index in [1.54, 1.807) is 0 Å². The molecule has 0 spiro atoms. The Balaban J connectivity index is 2.40. The maximum Gasteiger partial charge on any atom is 0.306 e. The highest BCUT2D eigenvalue weighted by molar-refractivity contribution is 8.41. The van der Waals surface area contributed by atoms with Crippen molar-refractivity contribution in [2.24, 2.45) is 5.92 Å². The summed E-state index contributed by atoms with van der Waals surface area (Å²) >= 11 is 0. The molecule has 0 saturated carbocycles. The molecule has 0 aliphatic rings. The van der Waals surface area contributed by atoms with Crippen molar-refractivity contribution in [3.63, 3.8) is 0 Å². The number of benzene rings is 1. The van der Waals surface area contributed by atoms with Gasteiger partial charge < -0.3 is 13.8 Å². The third-order valence-corrected chi connectivity index (χ3v) is 6.99. The standard InChI is InChI=1S/C30H44O4P4/c1-3-4-5-6-11-17-22-29(34-38(36)37)26(2)18-13-9-7-8-10-16-21-28(33-35)23-24-30(31)32-25-27-19-14-12-15-20-27/h4-5,7-21,26,28-29H,3,6,22-25,35-37H2,1-2H3/b5-4-,9-7+,10-8-,17-11-,18-13-,21-16+. The molecule has 4 nitrogen and oxygen atoms in total. The van der Waals surface area contributed by atoms with Crippen LogP contribution in [0.4, 0.5) is 0 Å². The van der Waals surface area contributed by atoms with Crippen molar-refractivity contribution in [1.29, 1.82) is 0 Å². The van der Waals surface area contributed by atoms with E-state index in [1.807, 2.05) is 66.8 Å². The Morgan fingerprint density at radius 1 is 0.947 bits per heavy atom. The van der Waals surface area contributed by atoms with Crippen LogP contribution in [0.3, 0.4) is 0 Å². The van der Waals surface area contributed by atoms with Gasteiger partial charge in [0, 0.05) is 21.8 Å². The quantitative estimate of drug-likeness (QED) is 0.0696. The van der Waals surface area contributed by atoms with E-state index < -0.39 is 7.53 Å². The summed E-state index contributed by atoms with van der Waals surface area (Å²) < 4.78 is 16.8. The maximum absolute atomic E-state index is 12.0. The van der Waals surface area contributed by atoms with Gasteiger partial charge in [0.2, 0.25) is 0 Å². The number of esters is 1. The van der Waals surface area contributed by atoms with Crippen LogP contribution in [0.25, 0.3) is 0 Å².